The molecule has 3 aromatic rings. The highest BCUT2D eigenvalue weighted by Gasteiger charge is 2.27. The largest absolute Gasteiger partial charge is 0.325 e. The summed E-state index contributed by atoms with van der Waals surface area (Å²) in [6.45, 7) is 4.10. The summed E-state index contributed by atoms with van der Waals surface area (Å²) in [5.41, 5.74) is 3.62. The topological polar surface area (TPSA) is 86.8 Å². The van der Waals surface area contributed by atoms with E-state index in [1.165, 1.54) is 12.1 Å². The fraction of sp³-hybridized carbons (Fsp3) is 0.231. The monoisotopic (exact) mass is 477 g/mol. The predicted molar refractivity (Wildman–Crippen MR) is 134 cm³/mol. The number of sulfonamides is 1. The number of carbonyl (C=O) groups is 2. The summed E-state index contributed by atoms with van der Waals surface area (Å²) in [6, 6.07) is 20.4. The van der Waals surface area contributed by atoms with E-state index in [-0.39, 0.29) is 17.3 Å². The van der Waals surface area contributed by atoms with E-state index in [9.17, 15) is 18.0 Å². The molecule has 4 rings (SSSR count). The quantitative estimate of drug-likeness (QED) is 0.551. The predicted octanol–water partition coefficient (Wildman–Crippen LogP) is 4.26. The second-order valence-corrected chi connectivity index (χ2v) is 10.2. The van der Waals surface area contributed by atoms with Gasteiger partial charge in [-0.15, -0.1) is 0 Å². The molecule has 0 unspecified atom stereocenters. The van der Waals surface area contributed by atoms with Crippen LogP contribution in [0.5, 0.6) is 0 Å². The van der Waals surface area contributed by atoms with Gasteiger partial charge in [0.25, 0.3) is 10.0 Å². The van der Waals surface area contributed by atoms with Gasteiger partial charge in [0.05, 0.1) is 10.6 Å². The molecule has 8 heteroatoms. The molecule has 3 aromatic carbocycles. The van der Waals surface area contributed by atoms with Crippen molar-refractivity contribution < 1.29 is 18.0 Å². The van der Waals surface area contributed by atoms with Crippen LogP contribution in [0.2, 0.25) is 0 Å². The van der Waals surface area contributed by atoms with Crippen LogP contribution in [0.15, 0.2) is 77.7 Å². The molecular formula is C26H27N3O4S. The molecule has 1 aliphatic heterocycles. The van der Waals surface area contributed by atoms with Gasteiger partial charge in [-0.3, -0.25) is 13.9 Å². The van der Waals surface area contributed by atoms with Gasteiger partial charge in [0.15, 0.2) is 0 Å². The first-order valence-electron chi connectivity index (χ1n) is 11.1. The lowest BCUT2D eigenvalue weighted by Gasteiger charge is -2.24. The van der Waals surface area contributed by atoms with Gasteiger partial charge in [-0.25, -0.2) is 8.42 Å². The van der Waals surface area contributed by atoms with Crippen LogP contribution < -0.4 is 14.5 Å². The van der Waals surface area contributed by atoms with E-state index in [2.05, 4.69) is 5.32 Å². The van der Waals surface area contributed by atoms with Crippen molar-refractivity contribution in [1.82, 2.24) is 0 Å². The lowest BCUT2D eigenvalue weighted by atomic mass is 10.1. The van der Waals surface area contributed by atoms with Gasteiger partial charge in [-0.2, -0.15) is 0 Å². The van der Waals surface area contributed by atoms with Crippen molar-refractivity contribution in [1.29, 1.82) is 0 Å². The zero-order valence-corrected chi connectivity index (χ0v) is 20.0. The van der Waals surface area contributed by atoms with Crippen molar-refractivity contribution >= 4 is 38.9 Å². The van der Waals surface area contributed by atoms with E-state index in [0.29, 0.717) is 24.3 Å². The SMILES string of the molecule is Cc1ccc(N(CC(=O)Nc2ccc(N3CCCC3=O)c(C)c2)S(=O)(=O)c2ccccc2)cc1. The number of anilines is 3. The van der Waals surface area contributed by atoms with E-state index in [4.69, 9.17) is 0 Å². The summed E-state index contributed by atoms with van der Waals surface area (Å²) in [6.07, 6.45) is 1.38. The Kier molecular flexibility index (Phi) is 6.70. The Balaban J connectivity index is 1.57. The number of hydrogen-bond donors (Lipinski definition) is 1. The minimum Gasteiger partial charge on any atom is -0.325 e. The van der Waals surface area contributed by atoms with Gasteiger partial charge in [0, 0.05) is 24.3 Å². The van der Waals surface area contributed by atoms with E-state index in [1.807, 2.05) is 32.0 Å². The third kappa shape index (κ3) is 4.97. The van der Waals surface area contributed by atoms with Gasteiger partial charge < -0.3 is 10.2 Å². The molecule has 0 saturated carbocycles. The molecule has 176 valence electrons. The smallest absolute Gasteiger partial charge is 0.264 e. The number of carbonyl (C=O) groups excluding carboxylic acids is 2. The van der Waals surface area contributed by atoms with Gasteiger partial charge in [0.2, 0.25) is 11.8 Å². The van der Waals surface area contributed by atoms with Crippen molar-refractivity contribution in [2.45, 2.75) is 31.6 Å². The first-order valence-corrected chi connectivity index (χ1v) is 12.5. The van der Waals surface area contributed by atoms with Crippen molar-refractivity contribution in [2.75, 3.05) is 27.6 Å². The van der Waals surface area contributed by atoms with Crippen molar-refractivity contribution in [3.63, 3.8) is 0 Å². The normalized spacial score (nSPS) is 13.7. The zero-order valence-electron chi connectivity index (χ0n) is 19.2. The van der Waals surface area contributed by atoms with Crippen molar-refractivity contribution in [3.8, 4) is 0 Å². The van der Waals surface area contributed by atoms with Crippen LogP contribution in [0.25, 0.3) is 0 Å². The molecule has 34 heavy (non-hydrogen) atoms. The summed E-state index contributed by atoms with van der Waals surface area (Å²) in [4.78, 5) is 26.9. The Morgan fingerprint density at radius 1 is 1.00 bits per heavy atom. The first kappa shape index (κ1) is 23.5. The van der Waals surface area contributed by atoms with E-state index < -0.39 is 15.9 Å². The first-order chi connectivity index (χ1) is 16.3. The molecule has 1 fully saturated rings. The van der Waals surface area contributed by atoms with E-state index >= 15 is 0 Å². The minimum atomic E-state index is -3.96. The molecule has 1 heterocycles. The molecule has 0 radical (unpaired) electrons. The maximum atomic E-state index is 13.4. The average Bonchev–Trinajstić information content (AvgIpc) is 3.24. The average molecular weight is 478 g/mol. The Morgan fingerprint density at radius 3 is 2.32 bits per heavy atom. The van der Waals surface area contributed by atoms with E-state index in [0.717, 1.165) is 27.5 Å². The highest BCUT2D eigenvalue weighted by Crippen LogP contribution is 2.28. The zero-order chi connectivity index (χ0) is 24.3. The van der Waals surface area contributed by atoms with Crippen molar-refractivity contribution in [2.24, 2.45) is 0 Å². The maximum Gasteiger partial charge on any atom is 0.264 e. The summed E-state index contributed by atoms with van der Waals surface area (Å²) >= 11 is 0. The number of nitrogens with zero attached hydrogens (tertiary/aromatic N) is 2. The molecular weight excluding hydrogens is 450 g/mol. The van der Waals surface area contributed by atoms with Gasteiger partial charge in [0.1, 0.15) is 6.54 Å². The number of hydrogen-bond acceptors (Lipinski definition) is 4. The molecule has 0 spiro atoms. The Morgan fingerprint density at radius 2 is 1.71 bits per heavy atom. The molecule has 1 saturated heterocycles. The standard InChI is InChI=1S/C26H27N3O4S/c1-19-10-13-22(14-11-19)29(34(32,33)23-7-4-3-5-8-23)18-25(30)27-21-12-15-24(20(2)17-21)28-16-6-9-26(28)31/h3-5,7-8,10-15,17H,6,9,16,18H2,1-2H3,(H,27,30). The van der Waals surface area contributed by atoms with Crippen LogP contribution in [0.4, 0.5) is 17.1 Å². The van der Waals surface area contributed by atoms with Crippen LogP contribution in [0.1, 0.15) is 24.0 Å². The Hall–Kier alpha value is -3.65. The second-order valence-electron chi connectivity index (χ2n) is 8.36. The number of amides is 2. The summed E-state index contributed by atoms with van der Waals surface area (Å²) in [5, 5.41) is 2.80. The summed E-state index contributed by atoms with van der Waals surface area (Å²) in [5.74, 6) is -0.371. The molecule has 1 aliphatic rings. The minimum absolute atomic E-state index is 0.0970. The maximum absolute atomic E-state index is 13.4. The number of aryl methyl sites for hydroxylation is 2. The fourth-order valence-electron chi connectivity index (χ4n) is 4.02. The van der Waals surface area contributed by atoms with Gasteiger partial charge in [-0.1, -0.05) is 35.9 Å². The Bertz CT molecular complexity index is 1310. The molecule has 2 amide bonds. The third-order valence-electron chi connectivity index (χ3n) is 5.79. The van der Waals surface area contributed by atoms with Crippen LogP contribution in [-0.2, 0) is 19.6 Å². The molecule has 1 N–H and O–H groups in total. The van der Waals surface area contributed by atoms with Crippen LogP contribution in [0, 0.1) is 13.8 Å². The molecule has 0 aliphatic carbocycles. The lowest BCUT2D eigenvalue weighted by molar-refractivity contribution is -0.117. The fourth-order valence-corrected chi connectivity index (χ4v) is 5.46. The Labute approximate surface area is 200 Å². The third-order valence-corrected chi connectivity index (χ3v) is 7.57. The highest BCUT2D eigenvalue weighted by atomic mass is 32.2. The van der Waals surface area contributed by atoms with Gasteiger partial charge in [-0.05, 0) is 68.3 Å². The summed E-state index contributed by atoms with van der Waals surface area (Å²) < 4.78 is 27.9. The highest BCUT2D eigenvalue weighted by molar-refractivity contribution is 7.92. The molecule has 7 nitrogen and oxygen atoms in total. The summed E-state index contributed by atoms with van der Waals surface area (Å²) in [7, 11) is -3.96. The lowest BCUT2D eigenvalue weighted by Crippen LogP contribution is -2.38. The van der Waals surface area contributed by atoms with Gasteiger partial charge >= 0.3 is 0 Å². The van der Waals surface area contributed by atoms with Crippen molar-refractivity contribution in [3.05, 3.63) is 83.9 Å². The van der Waals surface area contributed by atoms with Crippen LogP contribution >= 0.6 is 0 Å². The molecule has 0 bridgehead atoms. The van der Waals surface area contributed by atoms with Crippen LogP contribution in [0.3, 0.4) is 0 Å². The number of nitrogens with one attached hydrogen (secondary N) is 1. The number of rotatable bonds is 7. The molecule has 0 aromatic heterocycles. The molecule has 0 atom stereocenters. The van der Waals surface area contributed by atoms with E-state index in [1.54, 1.807) is 47.4 Å². The number of benzene rings is 3. The second kappa shape index (κ2) is 9.69. The van der Waals surface area contributed by atoms with Crippen LogP contribution in [-0.4, -0.2) is 33.3 Å².